The highest BCUT2D eigenvalue weighted by Crippen LogP contribution is 2.12. The minimum absolute atomic E-state index is 0. The smallest absolute Gasteiger partial charge is 0.0666 e. The van der Waals surface area contributed by atoms with Gasteiger partial charge in [-0.25, -0.2) is 0 Å². The molecule has 3 nitrogen and oxygen atoms in total. The maximum absolute atomic E-state index is 9.70. The third kappa shape index (κ3) is 17.8. The Morgan fingerprint density at radius 1 is 0.750 bits per heavy atom. The zero-order valence-electron chi connectivity index (χ0n) is 13.5. The summed E-state index contributed by atoms with van der Waals surface area (Å²) in [6.45, 7) is 1.13. The summed E-state index contributed by atoms with van der Waals surface area (Å²) >= 11 is 0. The molecule has 0 fully saturated rings. The summed E-state index contributed by atoms with van der Waals surface area (Å²) in [5, 5.41) is 18.4. The monoisotopic (exact) mass is 293 g/mol. The van der Waals surface area contributed by atoms with E-state index in [-0.39, 0.29) is 10.8 Å². The number of halogens is 1. The minimum atomic E-state index is -0.151. The molecule has 0 amide bonds. The average molecular weight is 293 g/mol. The third-order valence-electron chi connectivity index (χ3n) is 3.52. The first-order chi connectivity index (χ1) is 9.16. The second-order valence-electron chi connectivity index (χ2n) is 5.96. The van der Waals surface area contributed by atoms with Gasteiger partial charge in [-0.2, -0.15) is 0 Å². The molecule has 0 aliphatic carbocycles. The van der Waals surface area contributed by atoms with Gasteiger partial charge in [0.1, 0.15) is 0 Å². The molecular weight excluding hydrogens is 257 g/mol. The minimum Gasteiger partial charge on any atom is -0.396 e. The predicted molar refractivity (Wildman–Crippen MR) is 84.9 cm³/mol. The van der Waals surface area contributed by atoms with E-state index >= 15 is 0 Å². The van der Waals surface area contributed by atoms with E-state index in [4.69, 9.17) is 5.11 Å². The fourth-order valence-electron chi connectivity index (χ4n) is 2.42. The first-order valence-corrected chi connectivity index (χ1v) is 8.10. The zero-order valence-corrected chi connectivity index (χ0v) is 13.5. The van der Waals surface area contributed by atoms with Crippen LogP contribution in [0.1, 0.15) is 70.6 Å². The second-order valence-corrected chi connectivity index (χ2v) is 5.96. The van der Waals surface area contributed by atoms with E-state index in [0.717, 1.165) is 25.8 Å². The van der Waals surface area contributed by atoms with Crippen LogP contribution in [0.3, 0.4) is 0 Å². The molecular formula is C16H36FNO2. The lowest BCUT2D eigenvalue weighted by atomic mass is 10.0. The van der Waals surface area contributed by atoms with Gasteiger partial charge in [-0.3, -0.25) is 4.70 Å². The molecule has 0 rings (SSSR count). The van der Waals surface area contributed by atoms with E-state index in [0.29, 0.717) is 6.61 Å². The Morgan fingerprint density at radius 3 is 1.55 bits per heavy atom. The molecule has 4 heteroatoms. The van der Waals surface area contributed by atoms with Crippen molar-refractivity contribution in [2.75, 3.05) is 27.2 Å². The Balaban J connectivity index is 0. The fraction of sp³-hybridized carbons (Fsp3) is 1.00. The molecule has 0 aliphatic heterocycles. The highest BCUT2D eigenvalue weighted by molar-refractivity contribution is 4.59. The van der Waals surface area contributed by atoms with Crippen molar-refractivity contribution in [2.45, 2.75) is 76.7 Å². The van der Waals surface area contributed by atoms with Crippen LogP contribution in [0.5, 0.6) is 0 Å². The number of nitrogens with zero attached hydrogens (tertiary/aromatic N) is 1. The van der Waals surface area contributed by atoms with Gasteiger partial charge in [-0.05, 0) is 26.9 Å². The summed E-state index contributed by atoms with van der Waals surface area (Å²) in [7, 11) is 4.01. The van der Waals surface area contributed by atoms with Crippen LogP contribution in [0, 0.1) is 0 Å². The Hall–Kier alpha value is -0.190. The second kappa shape index (κ2) is 16.9. The van der Waals surface area contributed by atoms with Crippen molar-refractivity contribution in [1.82, 2.24) is 4.90 Å². The largest absolute Gasteiger partial charge is 0.396 e. The summed E-state index contributed by atoms with van der Waals surface area (Å²) < 4.78 is 0. The average Bonchev–Trinajstić information content (AvgIpc) is 2.35. The molecule has 0 radical (unpaired) electrons. The molecule has 0 saturated carbocycles. The number of hydrogen-bond donors (Lipinski definition) is 2. The lowest BCUT2D eigenvalue weighted by Crippen LogP contribution is -2.25. The molecule has 0 heterocycles. The molecule has 20 heavy (non-hydrogen) atoms. The van der Waals surface area contributed by atoms with Crippen molar-refractivity contribution >= 4 is 0 Å². The Kier molecular flexibility index (Phi) is 18.6. The van der Waals surface area contributed by atoms with E-state index in [2.05, 4.69) is 0 Å². The molecule has 0 saturated heterocycles. The number of aliphatic hydroxyl groups is 2. The molecule has 0 aromatic heterocycles. The van der Waals surface area contributed by atoms with Crippen molar-refractivity contribution in [3.63, 3.8) is 0 Å². The molecule has 1 unspecified atom stereocenters. The van der Waals surface area contributed by atoms with Crippen LogP contribution in [0.15, 0.2) is 0 Å². The van der Waals surface area contributed by atoms with Crippen LogP contribution in [-0.2, 0) is 0 Å². The summed E-state index contributed by atoms with van der Waals surface area (Å²) in [5.74, 6) is 0. The van der Waals surface area contributed by atoms with E-state index in [9.17, 15) is 5.11 Å². The number of aliphatic hydroxyl groups excluding tert-OH is 2. The maximum atomic E-state index is 9.70. The molecule has 0 bridgehead atoms. The van der Waals surface area contributed by atoms with Crippen molar-refractivity contribution in [2.24, 2.45) is 0 Å². The van der Waals surface area contributed by atoms with Gasteiger partial charge in [-0.15, -0.1) is 0 Å². The van der Waals surface area contributed by atoms with Crippen molar-refractivity contribution in [3.05, 3.63) is 0 Å². The van der Waals surface area contributed by atoms with Crippen LogP contribution in [0.4, 0.5) is 4.70 Å². The fourth-order valence-corrected chi connectivity index (χ4v) is 2.42. The maximum Gasteiger partial charge on any atom is 0.0666 e. The van der Waals surface area contributed by atoms with Crippen LogP contribution in [-0.4, -0.2) is 48.5 Å². The Labute approximate surface area is 124 Å². The molecule has 124 valence electrons. The van der Waals surface area contributed by atoms with Gasteiger partial charge in [0.2, 0.25) is 0 Å². The Bertz CT molecular complexity index is 180. The van der Waals surface area contributed by atoms with Gasteiger partial charge >= 0.3 is 0 Å². The van der Waals surface area contributed by atoms with Crippen LogP contribution < -0.4 is 0 Å². The summed E-state index contributed by atoms with van der Waals surface area (Å²) in [6.07, 6.45) is 13.3. The standard InChI is InChI=1S/C16H35NO2.FH/c1-17(2)15-16(19)13-11-9-7-5-3-4-6-8-10-12-14-18;/h16,18-19H,3-15H2,1-2H3;1H. The quantitative estimate of drug-likeness (QED) is 0.483. The summed E-state index contributed by atoms with van der Waals surface area (Å²) in [5.41, 5.74) is 0. The highest BCUT2D eigenvalue weighted by atomic mass is 19.0. The van der Waals surface area contributed by atoms with Crippen LogP contribution in [0.2, 0.25) is 0 Å². The number of rotatable bonds is 14. The normalized spacial score (nSPS) is 12.4. The third-order valence-corrected chi connectivity index (χ3v) is 3.52. The first-order valence-electron chi connectivity index (χ1n) is 8.10. The summed E-state index contributed by atoms with van der Waals surface area (Å²) in [6, 6.07) is 0. The van der Waals surface area contributed by atoms with Crippen molar-refractivity contribution in [3.8, 4) is 0 Å². The Morgan fingerprint density at radius 2 is 1.15 bits per heavy atom. The zero-order chi connectivity index (χ0) is 14.3. The topological polar surface area (TPSA) is 43.7 Å². The number of unbranched alkanes of at least 4 members (excludes halogenated alkanes) is 9. The van der Waals surface area contributed by atoms with E-state index in [1.165, 1.54) is 51.4 Å². The van der Waals surface area contributed by atoms with E-state index in [1.54, 1.807) is 0 Å². The van der Waals surface area contributed by atoms with E-state index in [1.807, 2.05) is 19.0 Å². The highest BCUT2D eigenvalue weighted by Gasteiger charge is 2.04. The number of likely N-dealkylation sites (N-methyl/N-ethyl adjacent to an activating group) is 1. The number of hydrogen-bond acceptors (Lipinski definition) is 3. The van der Waals surface area contributed by atoms with Crippen LogP contribution >= 0.6 is 0 Å². The lowest BCUT2D eigenvalue weighted by Gasteiger charge is -2.15. The van der Waals surface area contributed by atoms with Gasteiger partial charge in [0.05, 0.1) is 6.10 Å². The molecule has 0 aromatic carbocycles. The van der Waals surface area contributed by atoms with Gasteiger partial charge < -0.3 is 15.1 Å². The molecule has 0 aromatic rings. The molecule has 0 spiro atoms. The van der Waals surface area contributed by atoms with E-state index < -0.39 is 0 Å². The lowest BCUT2D eigenvalue weighted by molar-refractivity contribution is 0.125. The van der Waals surface area contributed by atoms with Gasteiger partial charge in [0, 0.05) is 13.2 Å². The summed E-state index contributed by atoms with van der Waals surface area (Å²) in [4.78, 5) is 2.04. The van der Waals surface area contributed by atoms with Crippen LogP contribution in [0.25, 0.3) is 0 Å². The molecule has 1 atom stereocenters. The van der Waals surface area contributed by atoms with Gasteiger partial charge in [0.25, 0.3) is 0 Å². The van der Waals surface area contributed by atoms with Crippen molar-refractivity contribution < 1.29 is 14.9 Å². The van der Waals surface area contributed by atoms with Crippen molar-refractivity contribution in [1.29, 1.82) is 0 Å². The first kappa shape index (κ1) is 22.1. The SMILES string of the molecule is CN(C)CC(O)CCCCCCCCCCCCO.F. The molecule has 2 N–H and O–H groups in total. The predicted octanol–water partition coefficient (Wildman–Crippen LogP) is 3.34. The van der Waals surface area contributed by atoms with Gasteiger partial charge in [-0.1, -0.05) is 57.8 Å². The molecule has 0 aliphatic rings. The van der Waals surface area contributed by atoms with Gasteiger partial charge in [0.15, 0.2) is 0 Å².